The smallest absolute Gasteiger partial charge is 0.362 e. The average Bonchev–Trinajstić information content (AvgIpc) is 2.92. The average molecular weight is 290 g/mol. The van der Waals surface area contributed by atoms with Gasteiger partial charge < -0.3 is 14.6 Å². The maximum atomic E-state index is 12.1. The third-order valence-corrected chi connectivity index (χ3v) is 2.78. The number of nitrogens with zero attached hydrogens (tertiary/aromatic N) is 2. The lowest BCUT2D eigenvalue weighted by Gasteiger charge is -2.06. The van der Waals surface area contributed by atoms with E-state index < -0.39 is 11.9 Å². The topological polar surface area (TPSA) is 90.7 Å². The van der Waals surface area contributed by atoms with Gasteiger partial charge in [-0.2, -0.15) is 5.10 Å². The zero-order valence-electron chi connectivity index (χ0n) is 11.6. The van der Waals surface area contributed by atoms with Gasteiger partial charge in [0.15, 0.2) is 5.69 Å². The van der Waals surface area contributed by atoms with Crippen LogP contribution >= 0.6 is 0 Å². The Balaban J connectivity index is 2.20. The minimum absolute atomic E-state index is 0.0886. The lowest BCUT2D eigenvalue weighted by molar-refractivity contribution is 0.0687. The molecular formula is C14H14N2O5. The molecule has 1 aromatic heterocycles. The largest absolute Gasteiger partial charge is 0.497 e. The van der Waals surface area contributed by atoms with Crippen molar-refractivity contribution in [2.24, 2.45) is 0 Å². The van der Waals surface area contributed by atoms with E-state index in [9.17, 15) is 9.59 Å². The second-order valence-electron chi connectivity index (χ2n) is 4.10. The van der Waals surface area contributed by atoms with Gasteiger partial charge in [-0.15, -0.1) is 0 Å². The summed E-state index contributed by atoms with van der Waals surface area (Å²) in [5.74, 6) is -0.884. The van der Waals surface area contributed by atoms with Crippen LogP contribution in [0.1, 0.15) is 27.9 Å². The van der Waals surface area contributed by atoms with E-state index in [1.54, 1.807) is 31.2 Å². The fourth-order valence-electron chi connectivity index (χ4n) is 1.73. The third-order valence-electron chi connectivity index (χ3n) is 2.78. The van der Waals surface area contributed by atoms with Crippen molar-refractivity contribution in [1.82, 2.24) is 9.78 Å². The number of carbonyl (C=O) groups is 2. The van der Waals surface area contributed by atoms with Gasteiger partial charge in [0.2, 0.25) is 0 Å². The predicted octanol–water partition coefficient (Wildman–Crippen LogP) is 1.83. The normalized spacial score (nSPS) is 10.2. The standard InChI is InChI=1S/C14H14N2O5/c1-3-16-12(8-11(15-16)13(17)18)14(19)21-10-6-4-9(20-2)5-7-10/h4-8H,3H2,1-2H3,(H,17,18). The Morgan fingerprint density at radius 1 is 1.24 bits per heavy atom. The van der Waals surface area contributed by atoms with Crippen molar-refractivity contribution in [2.75, 3.05) is 7.11 Å². The van der Waals surface area contributed by atoms with Gasteiger partial charge in [-0.05, 0) is 31.2 Å². The van der Waals surface area contributed by atoms with Crippen LogP contribution < -0.4 is 9.47 Å². The Labute approximate surface area is 120 Å². The van der Waals surface area contributed by atoms with Gasteiger partial charge >= 0.3 is 11.9 Å². The number of aryl methyl sites for hydroxylation is 1. The first-order valence-corrected chi connectivity index (χ1v) is 6.22. The van der Waals surface area contributed by atoms with E-state index in [0.29, 0.717) is 18.0 Å². The van der Waals surface area contributed by atoms with Gasteiger partial charge in [-0.3, -0.25) is 4.68 Å². The molecule has 0 aliphatic heterocycles. The van der Waals surface area contributed by atoms with Crippen molar-refractivity contribution in [3.05, 3.63) is 41.7 Å². The number of esters is 1. The minimum atomic E-state index is -1.19. The van der Waals surface area contributed by atoms with E-state index in [1.807, 2.05) is 0 Å². The number of benzene rings is 1. The number of methoxy groups -OCH3 is 1. The Morgan fingerprint density at radius 3 is 2.38 bits per heavy atom. The van der Waals surface area contributed by atoms with Gasteiger partial charge in [0.25, 0.3) is 0 Å². The SMILES string of the molecule is CCn1nc(C(=O)O)cc1C(=O)Oc1ccc(OC)cc1. The van der Waals surface area contributed by atoms with Crippen molar-refractivity contribution in [2.45, 2.75) is 13.5 Å². The quantitative estimate of drug-likeness (QED) is 0.667. The zero-order valence-corrected chi connectivity index (χ0v) is 11.6. The maximum Gasteiger partial charge on any atom is 0.362 e. The number of aromatic carboxylic acids is 1. The van der Waals surface area contributed by atoms with Crippen LogP contribution in [0.2, 0.25) is 0 Å². The van der Waals surface area contributed by atoms with Crippen LogP contribution in [0, 0.1) is 0 Å². The Hall–Kier alpha value is -2.83. The minimum Gasteiger partial charge on any atom is -0.497 e. The lowest BCUT2D eigenvalue weighted by Crippen LogP contribution is -2.15. The molecule has 0 bridgehead atoms. The number of rotatable bonds is 5. The highest BCUT2D eigenvalue weighted by atomic mass is 16.5. The molecule has 0 aliphatic carbocycles. The van der Waals surface area contributed by atoms with Crippen molar-refractivity contribution < 1.29 is 24.2 Å². The van der Waals surface area contributed by atoms with Crippen LogP contribution in [0.4, 0.5) is 0 Å². The van der Waals surface area contributed by atoms with Crippen LogP contribution in [-0.2, 0) is 6.54 Å². The molecule has 2 aromatic rings. The number of hydrogen-bond donors (Lipinski definition) is 1. The third kappa shape index (κ3) is 3.19. The summed E-state index contributed by atoms with van der Waals surface area (Å²) in [6, 6.07) is 7.67. The lowest BCUT2D eigenvalue weighted by atomic mass is 10.3. The van der Waals surface area contributed by atoms with Gasteiger partial charge in [-0.1, -0.05) is 0 Å². The fourth-order valence-corrected chi connectivity index (χ4v) is 1.73. The van der Waals surface area contributed by atoms with Crippen molar-refractivity contribution in [3.8, 4) is 11.5 Å². The molecule has 0 saturated heterocycles. The molecule has 1 heterocycles. The van der Waals surface area contributed by atoms with Crippen LogP contribution in [0.25, 0.3) is 0 Å². The second kappa shape index (κ2) is 6.08. The molecule has 0 radical (unpaired) electrons. The number of hydrogen-bond acceptors (Lipinski definition) is 5. The summed E-state index contributed by atoms with van der Waals surface area (Å²) in [6.07, 6.45) is 0. The van der Waals surface area contributed by atoms with Crippen molar-refractivity contribution in [3.63, 3.8) is 0 Å². The first-order chi connectivity index (χ1) is 10.0. The molecule has 0 amide bonds. The maximum absolute atomic E-state index is 12.1. The molecule has 7 heteroatoms. The number of carboxylic acid groups (broad SMARTS) is 1. The van der Waals surface area contributed by atoms with E-state index in [1.165, 1.54) is 17.9 Å². The first kappa shape index (κ1) is 14.6. The summed E-state index contributed by atoms with van der Waals surface area (Å²) >= 11 is 0. The zero-order chi connectivity index (χ0) is 15.4. The Kier molecular flexibility index (Phi) is 4.22. The highest BCUT2D eigenvalue weighted by Gasteiger charge is 2.19. The molecule has 7 nitrogen and oxygen atoms in total. The van der Waals surface area contributed by atoms with Gasteiger partial charge in [-0.25, -0.2) is 9.59 Å². The highest BCUT2D eigenvalue weighted by molar-refractivity contribution is 5.93. The van der Waals surface area contributed by atoms with E-state index in [0.717, 1.165) is 0 Å². The van der Waals surface area contributed by atoms with E-state index >= 15 is 0 Å². The molecule has 0 saturated carbocycles. The second-order valence-corrected chi connectivity index (χ2v) is 4.10. The van der Waals surface area contributed by atoms with Gasteiger partial charge in [0, 0.05) is 12.6 Å². The summed E-state index contributed by atoms with van der Waals surface area (Å²) in [7, 11) is 1.54. The fraction of sp³-hybridized carbons (Fsp3) is 0.214. The molecule has 0 aliphatic rings. The highest BCUT2D eigenvalue weighted by Crippen LogP contribution is 2.18. The Bertz CT molecular complexity index is 661. The molecular weight excluding hydrogens is 276 g/mol. The van der Waals surface area contributed by atoms with Gasteiger partial charge in [0.1, 0.15) is 17.2 Å². The summed E-state index contributed by atoms with van der Waals surface area (Å²) in [5, 5.41) is 12.7. The summed E-state index contributed by atoms with van der Waals surface area (Å²) in [4.78, 5) is 23.0. The van der Waals surface area contributed by atoms with Crippen molar-refractivity contribution in [1.29, 1.82) is 0 Å². The molecule has 21 heavy (non-hydrogen) atoms. The van der Waals surface area contributed by atoms with E-state index in [4.69, 9.17) is 14.6 Å². The molecule has 0 fully saturated rings. The molecule has 0 unspecified atom stereocenters. The summed E-state index contributed by atoms with van der Waals surface area (Å²) in [6.45, 7) is 2.11. The number of carboxylic acids is 1. The van der Waals surface area contributed by atoms with Crippen molar-refractivity contribution >= 4 is 11.9 Å². The molecule has 1 aromatic carbocycles. The predicted molar refractivity (Wildman–Crippen MR) is 72.8 cm³/mol. The molecule has 1 N–H and O–H groups in total. The van der Waals surface area contributed by atoms with E-state index in [2.05, 4.69) is 5.10 Å². The van der Waals surface area contributed by atoms with E-state index in [-0.39, 0.29) is 11.4 Å². The summed E-state index contributed by atoms with van der Waals surface area (Å²) in [5.41, 5.74) is -0.107. The monoisotopic (exact) mass is 290 g/mol. The van der Waals surface area contributed by atoms with Crippen LogP contribution in [0.5, 0.6) is 11.5 Å². The van der Waals surface area contributed by atoms with Crippen LogP contribution in [0.15, 0.2) is 30.3 Å². The Morgan fingerprint density at radius 2 is 1.86 bits per heavy atom. The number of carbonyl (C=O) groups excluding carboxylic acids is 1. The number of aromatic nitrogens is 2. The van der Waals surface area contributed by atoms with Crippen LogP contribution in [-0.4, -0.2) is 33.9 Å². The van der Waals surface area contributed by atoms with Crippen LogP contribution in [0.3, 0.4) is 0 Å². The molecule has 0 spiro atoms. The molecule has 2 rings (SSSR count). The molecule has 0 atom stereocenters. The number of ether oxygens (including phenoxy) is 2. The summed E-state index contributed by atoms with van der Waals surface area (Å²) < 4.78 is 11.5. The van der Waals surface area contributed by atoms with Gasteiger partial charge in [0.05, 0.1) is 7.11 Å². The first-order valence-electron chi connectivity index (χ1n) is 6.22. The molecule has 110 valence electrons.